The lowest BCUT2D eigenvalue weighted by atomic mass is 9.83. The largest absolute Gasteiger partial charge is 0.450 e. The molecular weight excluding hydrogens is 358 g/mol. The van der Waals surface area contributed by atoms with Gasteiger partial charge in [-0.15, -0.1) is 0 Å². The zero-order valence-corrected chi connectivity index (χ0v) is 17.1. The van der Waals surface area contributed by atoms with Gasteiger partial charge in [-0.25, -0.2) is 4.79 Å². The molecule has 2 saturated carbocycles. The Morgan fingerprint density at radius 3 is 2.32 bits per heavy atom. The number of nitrogens with zero attached hydrogens (tertiary/aromatic N) is 1. The summed E-state index contributed by atoms with van der Waals surface area (Å²) in [6.45, 7) is 2.60. The third-order valence-corrected chi connectivity index (χ3v) is 6.48. The number of alkyl carbamates (subject to hydrolysis) is 1. The Kier molecular flexibility index (Phi) is 7.57. The Labute approximate surface area is 167 Å². The summed E-state index contributed by atoms with van der Waals surface area (Å²) >= 11 is 0. The predicted molar refractivity (Wildman–Crippen MR) is 106 cm³/mol. The van der Waals surface area contributed by atoms with Crippen molar-refractivity contribution in [2.75, 3.05) is 13.2 Å². The molecule has 1 heterocycles. The number of hydrogen-bond donors (Lipinski definition) is 2. The average molecular weight is 394 g/mol. The standard InChI is InChI=1S/C21H35N3O4/c1-2-28-21(27)23-18(15-9-4-3-5-10-15)20(26)24-14-8-13-17(24)19(25)22-16-11-6-7-12-16/h15-18H,2-14H2,1H3,(H,22,25)(H,23,27)/t17-,18-/m0/s1. The lowest BCUT2D eigenvalue weighted by Crippen LogP contribution is -2.56. The molecule has 3 aliphatic rings. The van der Waals surface area contributed by atoms with E-state index in [2.05, 4.69) is 10.6 Å². The molecule has 7 nitrogen and oxygen atoms in total. The molecule has 0 radical (unpaired) electrons. The molecule has 0 aromatic heterocycles. The van der Waals surface area contributed by atoms with Crippen molar-refractivity contribution in [3.8, 4) is 0 Å². The van der Waals surface area contributed by atoms with Crippen molar-refractivity contribution in [3.63, 3.8) is 0 Å². The molecule has 0 unspecified atom stereocenters. The van der Waals surface area contributed by atoms with E-state index in [0.717, 1.165) is 57.8 Å². The van der Waals surface area contributed by atoms with Crippen molar-refractivity contribution in [1.82, 2.24) is 15.5 Å². The van der Waals surface area contributed by atoms with Crippen LogP contribution in [0.15, 0.2) is 0 Å². The van der Waals surface area contributed by atoms with Gasteiger partial charge in [-0.1, -0.05) is 32.1 Å². The van der Waals surface area contributed by atoms with Crippen molar-refractivity contribution in [1.29, 1.82) is 0 Å². The molecule has 7 heteroatoms. The minimum absolute atomic E-state index is 0.0312. The van der Waals surface area contributed by atoms with Crippen LogP contribution in [0.5, 0.6) is 0 Å². The highest BCUT2D eigenvalue weighted by Crippen LogP contribution is 2.29. The van der Waals surface area contributed by atoms with E-state index < -0.39 is 18.2 Å². The Bertz CT molecular complexity index is 556. The highest BCUT2D eigenvalue weighted by Gasteiger charge is 2.41. The highest BCUT2D eigenvalue weighted by molar-refractivity contribution is 5.92. The van der Waals surface area contributed by atoms with Gasteiger partial charge in [0.1, 0.15) is 12.1 Å². The first-order valence-electron chi connectivity index (χ1n) is 11.1. The molecule has 1 saturated heterocycles. The monoisotopic (exact) mass is 393 g/mol. The first kappa shape index (κ1) is 20.9. The molecule has 2 N–H and O–H groups in total. The fourth-order valence-electron chi connectivity index (χ4n) is 5.00. The third kappa shape index (κ3) is 5.17. The van der Waals surface area contributed by atoms with E-state index in [1.807, 2.05) is 0 Å². The van der Waals surface area contributed by atoms with Gasteiger partial charge >= 0.3 is 6.09 Å². The summed E-state index contributed by atoms with van der Waals surface area (Å²) in [6.07, 6.45) is 10.5. The first-order valence-corrected chi connectivity index (χ1v) is 11.1. The van der Waals surface area contributed by atoms with E-state index >= 15 is 0 Å². The lowest BCUT2D eigenvalue weighted by Gasteiger charge is -2.34. The van der Waals surface area contributed by atoms with Gasteiger partial charge in [0.05, 0.1) is 6.61 Å². The normalized spacial score (nSPS) is 24.8. The van der Waals surface area contributed by atoms with Gasteiger partial charge < -0.3 is 20.3 Å². The van der Waals surface area contributed by atoms with Gasteiger partial charge in [-0.3, -0.25) is 9.59 Å². The number of likely N-dealkylation sites (tertiary alicyclic amines) is 1. The molecule has 3 amide bonds. The average Bonchev–Trinajstić information content (AvgIpc) is 3.38. The van der Waals surface area contributed by atoms with Crippen LogP contribution in [0.4, 0.5) is 4.79 Å². The van der Waals surface area contributed by atoms with E-state index in [1.54, 1.807) is 11.8 Å². The van der Waals surface area contributed by atoms with Crippen LogP contribution in [0.1, 0.15) is 77.6 Å². The molecule has 0 aromatic rings. The van der Waals surface area contributed by atoms with Crippen LogP contribution in [0.2, 0.25) is 0 Å². The van der Waals surface area contributed by atoms with Gasteiger partial charge in [0, 0.05) is 12.6 Å². The number of rotatable bonds is 6. The van der Waals surface area contributed by atoms with Crippen molar-refractivity contribution in [2.24, 2.45) is 5.92 Å². The van der Waals surface area contributed by atoms with Crippen LogP contribution in [0.25, 0.3) is 0 Å². The fourth-order valence-corrected chi connectivity index (χ4v) is 5.00. The maximum atomic E-state index is 13.4. The van der Waals surface area contributed by atoms with E-state index in [0.29, 0.717) is 13.0 Å². The predicted octanol–water partition coefficient (Wildman–Crippen LogP) is 2.73. The van der Waals surface area contributed by atoms with Crippen molar-refractivity contribution in [2.45, 2.75) is 95.7 Å². The minimum atomic E-state index is -0.598. The van der Waals surface area contributed by atoms with Crippen molar-refractivity contribution >= 4 is 17.9 Å². The summed E-state index contributed by atoms with van der Waals surface area (Å²) in [5, 5.41) is 5.95. The second kappa shape index (κ2) is 10.1. The Hall–Kier alpha value is -1.79. The smallest absolute Gasteiger partial charge is 0.407 e. The summed E-state index contributed by atoms with van der Waals surface area (Å²) in [6, 6.07) is -0.765. The first-order chi connectivity index (χ1) is 13.6. The quantitative estimate of drug-likeness (QED) is 0.726. The Balaban J connectivity index is 1.68. The number of carbonyl (C=O) groups excluding carboxylic acids is 3. The van der Waals surface area contributed by atoms with Crippen molar-refractivity contribution in [3.05, 3.63) is 0 Å². The van der Waals surface area contributed by atoms with E-state index in [9.17, 15) is 14.4 Å². The van der Waals surface area contributed by atoms with Crippen LogP contribution in [-0.4, -0.2) is 54.1 Å². The molecule has 0 aromatic carbocycles. The van der Waals surface area contributed by atoms with Crippen LogP contribution < -0.4 is 10.6 Å². The zero-order valence-electron chi connectivity index (χ0n) is 17.1. The molecule has 2 aliphatic carbocycles. The molecular formula is C21H35N3O4. The molecule has 0 spiro atoms. The SMILES string of the molecule is CCOC(=O)N[C@H](C(=O)N1CCC[C@H]1C(=O)NC1CCCC1)C1CCCCC1. The second-order valence-electron chi connectivity index (χ2n) is 8.42. The van der Waals surface area contributed by atoms with E-state index in [1.165, 1.54) is 6.42 Å². The van der Waals surface area contributed by atoms with Gasteiger partial charge in [0.15, 0.2) is 0 Å². The highest BCUT2D eigenvalue weighted by atomic mass is 16.5. The van der Waals surface area contributed by atoms with E-state index in [4.69, 9.17) is 4.74 Å². The zero-order chi connectivity index (χ0) is 19.9. The number of hydrogen-bond acceptors (Lipinski definition) is 4. The molecule has 3 fully saturated rings. The Morgan fingerprint density at radius 2 is 1.64 bits per heavy atom. The van der Waals surface area contributed by atoms with Crippen LogP contribution in [0, 0.1) is 5.92 Å². The summed E-state index contributed by atoms with van der Waals surface area (Å²) in [4.78, 5) is 40.0. The maximum Gasteiger partial charge on any atom is 0.407 e. The van der Waals surface area contributed by atoms with Crippen molar-refractivity contribution < 1.29 is 19.1 Å². The van der Waals surface area contributed by atoms with Gasteiger partial charge in [0.25, 0.3) is 0 Å². The molecule has 158 valence electrons. The number of amides is 3. The van der Waals surface area contributed by atoms with Gasteiger partial charge in [0.2, 0.25) is 11.8 Å². The molecule has 0 bridgehead atoms. The van der Waals surface area contributed by atoms with Crippen LogP contribution >= 0.6 is 0 Å². The summed E-state index contributed by atoms with van der Waals surface area (Å²) in [5.41, 5.74) is 0. The van der Waals surface area contributed by atoms with Crippen LogP contribution in [-0.2, 0) is 14.3 Å². The summed E-state index contributed by atoms with van der Waals surface area (Å²) in [7, 11) is 0. The van der Waals surface area contributed by atoms with E-state index in [-0.39, 0.29) is 30.4 Å². The fraction of sp³-hybridized carbons (Fsp3) is 0.857. The molecule has 1 aliphatic heterocycles. The summed E-state index contributed by atoms with van der Waals surface area (Å²) < 4.78 is 5.04. The lowest BCUT2D eigenvalue weighted by molar-refractivity contribution is -0.141. The minimum Gasteiger partial charge on any atom is -0.450 e. The summed E-state index contributed by atoms with van der Waals surface area (Å²) in [5.74, 6) is -0.0369. The number of ether oxygens (including phenoxy) is 1. The topological polar surface area (TPSA) is 87.7 Å². The second-order valence-corrected chi connectivity index (χ2v) is 8.42. The van der Waals surface area contributed by atoms with Crippen LogP contribution in [0.3, 0.4) is 0 Å². The molecule has 28 heavy (non-hydrogen) atoms. The van der Waals surface area contributed by atoms with Gasteiger partial charge in [-0.05, 0) is 51.4 Å². The maximum absolute atomic E-state index is 13.4. The third-order valence-electron chi connectivity index (χ3n) is 6.48. The number of carbonyl (C=O) groups is 3. The molecule has 2 atom stereocenters. The number of nitrogens with one attached hydrogen (secondary N) is 2. The Morgan fingerprint density at radius 1 is 0.964 bits per heavy atom. The molecule has 3 rings (SSSR count). The van der Waals surface area contributed by atoms with Gasteiger partial charge in [-0.2, -0.15) is 0 Å².